The molecule has 0 saturated carbocycles. The van der Waals surface area contributed by atoms with Gasteiger partial charge in [-0.3, -0.25) is 4.79 Å². The maximum absolute atomic E-state index is 13.0. The molecule has 3 rings (SSSR count). The minimum atomic E-state index is -4.11. The number of halogens is 2. The van der Waals surface area contributed by atoms with Gasteiger partial charge in [-0.1, -0.05) is 65.7 Å². The maximum atomic E-state index is 13.0. The van der Waals surface area contributed by atoms with E-state index < -0.39 is 22.0 Å². The molecule has 1 atom stereocenters. The van der Waals surface area contributed by atoms with Crippen LogP contribution in [0.25, 0.3) is 0 Å². The molecule has 32 heavy (non-hydrogen) atoms. The number of sulfonamides is 1. The topological polar surface area (TPSA) is 84.5 Å². The lowest BCUT2D eigenvalue weighted by Gasteiger charge is -2.19. The van der Waals surface area contributed by atoms with Gasteiger partial charge >= 0.3 is 0 Å². The zero-order valence-corrected chi connectivity index (χ0v) is 19.5. The Morgan fingerprint density at radius 1 is 0.969 bits per heavy atom. The third kappa shape index (κ3) is 6.46. The highest BCUT2D eigenvalue weighted by Gasteiger charge is 2.27. The van der Waals surface area contributed by atoms with Crippen LogP contribution in [0.3, 0.4) is 0 Å². The van der Waals surface area contributed by atoms with Gasteiger partial charge in [-0.2, -0.15) is 4.72 Å². The van der Waals surface area contributed by atoms with Gasteiger partial charge in [0.05, 0.1) is 12.1 Å². The van der Waals surface area contributed by atoms with Crippen molar-refractivity contribution in [3.05, 3.63) is 94.0 Å². The summed E-state index contributed by atoms with van der Waals surface area (Å²) in [5, 5.41) is 3.02. The van der Waals surface area contributed by atoms with E-state index in [1.54, 1.807) is 19.2 Å². The fourth-order valence-corrected chi connectivity index (χ4v) is 4.99. The first kappa shape index (κ1) is 24.1. The van der Waals surface area contributed by atoms with E-state index in [-0.39, 0.29) is 27.9 Å². The van der Waals surface area contributed by atoms with Gasteiger partial charge in [0.25, 0.3) is 0 Å². The van der Waals surface area contributed by atoms with Crippen LogP contribution in [-0.4, -0.2) is 27.5 Å². The summed E-state index contributed by atoms with van der Waals surface area (Å²) in [6.45, 7) is 0.230. The number of carbonyl (C=O) groups excluding carboxylic acids is 1. The maximum Gasteiger partial charge on any atom is 0.242 e. The fourth-order valence-electron chi connectivity index (χ4n) is 3.03. The summed E-state index contributed by atoms with van der Waals surface area (Å²) in [5.41, 5.74) is 1.65. The molecule has 3 aromatic rings. The molecule has 0 bridgehead atoms. The summed E-state index contributed by atoms with van der Waals surface area (Å²) in [4.78, 5) is 12.8. The molecule has 9 heteroatoms. The lowest BCUT2D eigenvalue weighted by molar-refractivity contribution is -0.122. The van der Waals surface area contributed by atoms with Crippen molar-refractivity contribution in [3.8, 4) is 5.75 Å². The monoisotopic (exact) mass is 492 g/mol. The Kier molecular flexibility index (Phi) is 8.15. The molecule has 0 aliphatic heterocycles. The van der Waals surface area contributed by atoms with E-state index >= 15 is 0 Å². The number of amides is 1. The second-order valence-corrected chi connectivity index (χ2v) is 9.53. The van der Waals surface area contributed by atoms with Crippen LogP contribution in [0.2, 0.25) is 10.0 Å². The second-order valence-electron chi connectivity index (χ2n) is 7.00. The zero-order chi connectivity index (χ0) is 23.1. The molecule has 3 aromatic carbocycles. The van der Waals surface area contributed by atoms with Gasteiger partial charge < -0.3 is 10.1 Å². The van der Waals surface area contributed by atoms with Crippen molar-refractivity contribution in [1.82, 2.24) is 10.0 Å². The van der Waals surface area contributed by atoms with E-state index in [9.17, 15) is 13.2 Å². The summed E-state index contributed by atoms with van der Waals surface area (Å²) in [6, 6.07) is 19.4. The van der Waals surface area contributed by atoms with E-state index in [1.807, 2.05) is 42.5 Å². The number of ether oxygens (including phenoxy) is 1. The van der Waals surface area contributed by atoms with Crippen LogP contribution in [0.5, 0.6) is 5.75 Å². The average molecular weight is 493 g/mol. The smallest absolute Gasteiger partial charge is 0.242 e. The average Bonchev–Trinajstić information content (AvgIpc) is 2.79. The lowest BCUT2D eigenvalue weighted by Crippen LogP contribution is -2.47. The van der Waals surface area contributed by atoms with Gasteiger partial charge in [0, 0.05) is 11.6 Å². The van der Waals surface area contributed by atoms with Crippen LogP contribution in [0.1, 0.15) is 11.1 Å². The molecule has 0 aliphatic rings. The van der Waals surface area contributed by atoms with Gasteiger partial charge in [-0.25, -0.2) is 8.42 Å². The summed E-state index contributed by atoms with van der Waals surface area (Å²) < 4.78 is 33.6. The first-order valence-electron chi connectivity index (χ1n) is 9.70. The van der Waals surface area contributed by atoms with Crippen molar-refractivity contribution in [2.45, 2.75) is 23.9 Å². The molecule has 0 aromatic heterocycles. The minimum absolute atomic E-state index is 0.0130. The minimum Gasteiger partial charge on any atom is -0.497 e. The van der Waals surface area contributed by atoms with Crippen molar-refractivity contribution in [2.24, 2.45) is 0 Å². The van der Waals surface area contributed by atoms with Crippen molar-refractivity contribution in [3.63, 3.8) is 0 Å². The third-order valence-corrected chi connectivity index (χ3v) is 6.89. The number of nitrogens with one attached hydrogen (secondary N) is 2. The van der Waals surface area contributed by atoms with Crippen LogP contribution in [0.4, 0.5) is 0 Å². The molecule has 0 spiro atoms. The summed E-state index contributed by atoms with van der Waals surface area (Å²) in [6.07, 6.45) is 0.159. The van der Waals surface area contributed by atoms with E-state index in [0.717, 1.165) is 11.1 Å². The summed E-state index contributed by atoms with van der Waals surface area (Å²) >= 11 is 12.0. The summed E-state index contributed by atoms with van der Waals surface area (Å²) in [5.74, 6) is 0.236. The quantitative estimate of drug-likeness (QED) is 0.468. The number of rotatable bonds is 9. The predicted octanol–water partition coefficient (Wildman–Crippen LogP) is 4.21. The van der Waals surface area contributed by atoms with E-state index in [1.165, 1.54) is 18.2 Å². The first-order chi connectivity index (χ1) is 15.3. The van der Waals surface area contributed by atoms with Crippen molar-refractivity contribution in [1.29, 1.82) is 0 Å². The van der Waals surface area contributed by atoms with Crippen LogP contribution in [0, 0.1) is 0 Å². The van der Waals surface area contributed by atoms with Crippen molar-refractivity contribution >= 4 is 39.1 Å². The lowest BCUT2D eigenvalue weighted by atomic mass is 10.1. The van der Waals surface area contributed by atoms with Crippen LogP contribution < -0.4 is 14.8 Å². The molecule has 168 valence electrons. The molecular weight excluding hydrogens is 471 g/mol. The molecule has 6 nitrogen and oxygen atoms in total. The zero-order valence-electron chi connectivity index (χ0n) is 17.2. The molecule has 2 N–H and O–H groups in total. The van der Waals surface area contributed by atoms with Gasteiger partial charge in [-0.15, -0.1) is 0 Å². The number of hydrogen-bond donors (Lipinski definition) is 2. The molecule has 1 amide bonds. The largest absolute Gasteiger partial charge is 0.497 e. The molecule has 0 radical (unpaired) electrons. The first-order valence-corrected chi connectivity index (χ1v) is 11.9. The Hall–Kier alpha value is -2.58. The third-order valence-electron chi connectivity index (χ3n) is 4.71. The molecular formula is C23H22Cl2N2O4S. The van der Waals surface area contributed by atoms with Gasteiger partial charge in [0.2, 0.25) is 15.9 Å². The van der Waals surface area contributed by atoms with E-state index in [2.05, 4.69) is 10.0 Å². The molecule has 0 heterocycles. The number of benzene rings is 3. The van der Waals surface area contributed by atoms with Crippen molar-refractivity contribution < 1.29 is 17.9 Å². The highest BCUT2D eigenvalue weighted by atomic mass is 35.5. The van der Waals surface area contributed by atoms with E-state index in [0.29, 0.717) is 5.75 Å². The molecule has 0 unspecified atom stereocenters. The Balaban J connectivity index is 1.80. The predicted molar refractivity (Wildman–Crippen MR) is 126 cm³/mol. The van der Waals surface area contributed by atoms with Crippen molar-refractivity contribution in [2.75, 3.05) is 7.11 Å². The highest BCUT2D eigenvalue weighted by molar-refractivity contribution is 7.89. The molecule has 0 fully saturated rings. The number of carbonyl (C=O) groups is 1. The Morgan fingerprint density at radius 2 is 1.66 bits per heavy atom. The number of hydrogen-bond acceptors (Lipinski definition) is 4. The summed E-state index contributed by atoms with van der Waals surface area (Å²) in [7, 11) is -2.54. The standard InChI is InChI=1S/C23H22Cl2N2O4S/c1-31-19-10-7-17(8-11-19)15-26-23(28)21(13-16-5-3-2-4-6-16)27-32(29,30)22-14-18(24)9-12-20(22)25/h2-12,14,21,27H,13,15H2,1H3,(H,26,28)/t21-/m0/s1. The highest BCUT2D eigenvalue weighted by Crippen LogP contribution is 2.25. The Labute approximate surface area is 197 Å². The van der Waals surface area contributed by atoms with Gasteiger partial charge in [0.1, 0.15) is 16.7 Å². The second kappa shape index (κ2) is 10.8. The molecule has 0 saturated heterocycles. The Morgan fingerprint density at radius 3 is 2.31 bits per heavy atom. The van der Waals surface area contributed by atoms with Gasteiger partial charge in [-0.05, 0) is 47.9 Å². The van der Waals surface area contributed by atoms with Crippen LogP contribution in [-0.2, 0) is 27.8 Å². The van der Waals surface area contributed by atoms with E-state index in [4.69, 9.17) is 27.9 Å². The fraction of sp³-hybridized carbons (Fsp3) is 0.174. The number of methoxy groups -OCH3 is 1. The van der Waals surface area contributed by atoms with Crippen LogP contribution in [0.15, 0.2) is 77.7 Å². The molecule has 0 aliphatic carbocycles. The Bertz CT molecular complexity index is 1170. The SMILES string of the molecule is COc1ccc(CNC(=O)[C@H](Cc2ccccc2)NS(=O)(=O)c2cc(Cl)ccc2Cl)cc1. The van der Waals surface area contributed by atoms with Crippen LogP contribution >= 0.6 is 23.2 Å². The van der Waals surface area contributed by atoms with Gasteiger partial charge in [0.15, 0.2) is 0 Å². The normalized spacial score (nSPS) is 12.2.